The Hall–Kier alpha value is -1.66. The molecule has 18 heavy (non-hydrogen) atoms. The number of hydrogen-bond donors (Lipinski definition) is 0. The fourth-order valence-electron chi connectivity index (χ4n) is 1.71. The van der Waals surface area contributed by atoms with E-state index in [0.717, 1.165) is 15.4 Å². The molecule has 0 N–H and O–H groups in total. The average molecular weight is 256 g/mol. The molecule has 92 valence electrons. The van der Waals surface area contributed by atoms with E-state index < -0.39 is 0 Å². The van der Waals surface area contributed by atoms with Gasteiger partial charge in [0.05, 0.1) is 12.5 Å². The van der Waals surface area contributed by atoms with Gasteiger partial charge in [0.1, 0.15) is 5.01 Å². The molecule has 0 unspecified atom stereocenters. The maximum atomic E-state index is 8.65. The standard InChI is InChI=1S/C15H16N2S/c1-15(2,3)12-6-4-11(5-7-12)14-17-10-13(18-14)8-9-16/h4-7,10H,8H2,1-3H3. The first-order valence-corrected chi connectivity index (χ1v) is 6.75. The van der Waals surface area contributed by atoms with Gasteiger partial charge in [0.2, 0.25) is 0 Å². The third-order valence-electron chi connectivity index (χ3n) is 2.80. The SMILES string of the molecule is CC(C)(C)c1ccc(-c2ncc(CC#N)s2)cc1. The van der Waals surface area contributed by atoms with Crippen LogP contribution in [0, 0.1) is 11.3 Å². The fourth-order valence-corrected chi connectivity index (χ4v) is 2.56. The predicted octanol–water partition coefficient (Wildman–Crippen LogP) is 4.17. The van der Waals surface area contributed by atoms with E-state index in [9.17, 15) is 0 Å². The smallest absolute Gasteiger partial charge is 0.123 e. The van der Waals surface area contributed by atoms with Gasteiger partial charge in [-0.05, 0) is 11.0 Å². The van der Waals surface area contributed by atoms with Crippen molar-refractivity contribution in [3.63, 3.8) is 0 Å². The predicted molar refractivity (Wildman–Crippen MR) is 75.6 cm³/mol. The summed E-state index contributed by atoms with van der Waals surface area (Å²) in [7, 11) is 0. The zero-order valence-corrected chi connectivity index (χ0v) is 11.7. The van der Waals surface area contributed by atoms with Crippen LogP contribution in [0.4, 0.5) is 0 Å². The van der Waals surface area contributed by atoms with Crippen LogP contribution in [0.25, 0.3) is 10.6 Å². The Kier molecular flexibility index (Phi) is 3.49. The number of nitriles is 1. The topological polar surface area (TPSA) is 36.7 Å². The van der Waals surface area contributed by atoms with E-state index in [4.69, 9.17) is 5.26 Å². The molecule has 0 bridgehead atoms. The second kappa shape index (κ2) is 4.91. The molecule has 1 heterocycles. The van der Waals surface area contributed by atoms with Gasteiger partial charge in [0.15, 0.2) is 0 Å². The van der Waals surface area contributed by atoms with Crippen LogP contribution in [0.5, 0.6) is 0 Å². The Morgan fingerprint density at radius 1 is 1.22 bits per heavy atom. The molecule has 1 aromatic carbocycles. The van der Waals surface area contributed by atoms with E-state index in [1.807, 2.05) is 0 Å². The summed E-state index contributed by atoms with van der Waals surface area (Å²) in [5, 5.41) is 9.64. The summed E-state index contributed by atoms with van der Waals surface area (Å²) in [5.41, 5.74) is 2.62. The van der Waals surface area contributed by atoms with Crippen molar-refractivity contribution in [1.82, 2.24) is 4.98 Å². The lowest BCUT2D eigenvalue weighted by atomic mass is 9.87. The average Bonchev–Trinajstić information content (AvgIpc) is 2.77. The van der Waals surface area contributed by atoms with Crippen molar-refractivity contribution in [3.8, 4) is 16.6 Å². The molecule has 0 saturated heterocycles. The molecule has 0 radical (unpaired) electrons. The van der Waals surface area contributed by atoms with Crippen LogP contribution in [0.2, 0.25) is 0 Å². The molecule has 3 heteroatoms. The number of benzene rings is 1. The first-order chi connectivity index (χ1) is 8.50. The number of hydrogen-bond acceptors (Lipinski definition) is 3. The molecular weight excluding hydrogens is 240 g/mol. The Balaban J connectivity index is 2.26. The summed E-state index contributed by atoms with van der Waals surface area (Å²) < 4.78 is 0. The third kappa shape index (κ3) is 2.77. The quantitative estimate of drug-likeness (QED) is 0.808. The fraction of sp³-hybridized carbons (Fsp3) is 0.333. The van der Waals surface area contributed by atoms with Crippen molar-refractivity contribution >= 4 is 11.3 Å². The summed E-state index contributed by atoms with van der Waals surface area (Å²) in [4.78, 5) is 5.39. The Bertz CT molecular complexity index is 568. The van der Waals surface area contributed by atoms with Gasteiger partial charge in [-0.2, -0.15) is 5.26 Å². The molecule has 2 rings (SSSR count). The number of rotatable bonds is 2. The van der Waals surface area contributed by atoms with Crippen LogP contribution in [-0.4, -0.2) is 4.98 Å². The summed E-state index contributed by atoms with van der Waals surface area (Å²) in [6.07, 6.45) is 2.23. The lowest BCUT2D eigenvalue weighted by Gasteiger charge is -2.18. The maximum Gasteiger partial charge on any atom is 0.123 e. The summed E-state index contributed by atoms with van der Waals surface area (Å²) in [6, 6.07) is 10.7. The molecule has 0 atom stereocenters. The molecule has 0 saturated carbocycles. The molecule has 0 aliphatic rings. The molecule has 0 spiro atoms. The van der Waals surface area contributed by atoms with Gasteiger partial charge in [0.25, 0.3) is 0 Å². The number of aromatic nitrogens is 1. The van der Waals surface area contributed by atoms with Crippen molar-refractivity contribution in [2.24, 2.45) is 0 Å². The van der Waals surface area contributed by atoms with E-state index in [1.165, 1.54) is 5.56 Å². The molecule has 0 aliphatic carbocycles. The van der Waals surface area contributed by atoms with E-state index in [-0.39, 0.29) is 5.41 Å². The van der Waals surface area contributed by atoms with Crippen LogP contribution in [0.1, 0.15) is 31.2 Å². The van der Waals surface area contributed by atoms with Crippen LogP contribution >= 0.6 is 11.3 Å². The largest absolute Gasteiger partial charge is 0.244 e. The van der Waals surface area contributed by atoms with Crippen molar-refractivity contribution in [3.05, 3.63) is 40.9 Å². The summed E-state index contributed by atoms with van der Waals surface area (Å²) in [6.45, 7) is 6.61. The third-order valence-corrected chi connectivity index (χ3v) is 3.85. The lowest BCUT2D eigenvalue weighted by molar-refractivity contribution is 0.590. The number of thiazole rings is 1. The van der Waals surface area contributed by atoms with E-state index in [0.29, 0.717) is 6.42 Å². The lowest BCUT2D eigenvalue weighted by Crippen LogP contribution is -2.10. The van der Waals surface area contributed by atoms with Gasteiger partial charge >= 0.3 is 0 Å². The molecule has 2 nitrogen and oxygen atoms in total. The summed E-state index contributed by atoms with van der Waals surface area (Å²) >= 11 is 1.59. The van der Waals surface area contributed by atoms with Gasteiger partial charge < -0.3 is 0 Å². The number of nitrogens with zero attached hydrogens (tertiary/aromatic N) is 2. The molecule has 1 aromatic heterocycles. The first-order valence-electron chi connectivity index (χ1n) is 5.93. The van der Waals surface area contributed by atoms with E-state index in [2.05, 4.69) is 56.1 Å². The van der Waals surface area contributed by atoms with Crippen molar-refractivity contribution in [1.29, 1.82) is 5.26 Å². The highest BCUT2D eigenvalue weighted by atomic mass is 32.1. The van der Waals surface area contributed by atoms with Gasteiger partial charge in [-0.25, -0.2) is 4.98 Å². The van der Waals surface area contributed by atoms with Gasteiger partial charge in [0, 0.05) is 16.6 Å². The van der Waals surface area contributed by atoms with Gasteiger partial charge in [-0.3, -0.25) is 0 Å². The van der Waals surface area contributed by atoms with Gasteiger partial charge in [-0.1, -0.05) is 45.0 Å². The van der Waals surface area contributed by atoms with Crippen molar-refractivity contribution in [2.75, 3.05) is 0 Å². The second-order valence-corrected chi connectivity index (χ2v) is 6.41. The Labute approximate surface area is 112 Å². The van der Waals surface area contributed by atoms with Crippen LogP contribution in [-0.2, 0) is 11.8 Å². The Morgan fingerprint density at radius 3 is 2.44 bits per heavy atom. The highest BCUT2D eigenvalue weighted by molar-refractivity contribution is 7.15. The highest BCUT2D eigenvalue weighted by Gasteiger charge is 2.13. The normalized spacial score (nSPS) is 11.2. The van der Waals surface area contributed by atoms with E-state index in [1.54, 1.807) is 17.5 Å². The van der Waals surface area contributed by atoms with Crippen LogP contribution in [0.3, 0.4) is 0 Å². The second-order valence-electron chi connectivity index (χ2n) is 5.29. The van der Waals surface area contributed by atoms with Crippen molar-refractivity contribution in [2.45, 2.75) is 32.6 Å². The first kappa shape index (κ1) is 12.8. The minimum Gasteiger partial charge on any atom is -0.244 e. The molecule has 2 aromatic rings. The molecule has 0 aliphatic heterocycles. The molecule has 0 amide bonds. The van der Waals surface area contributed by atoms with Crippen LogP contribution < -0.4 is 0 Å². The van der Waals surface area contributed by atoms with Crippen LogP contribution in [0.15, 0.2) is 30.5 Å². The van der Waals surface area contributed by atoms with E-state index >= 15 is 0 Å². The zero-order chi connectivity index (χ0) is 13.2. The minimum atomic E-state index is 0.174. The molecule has 0 fully saturated rings. The van der Waals surface area contributed by atoms with Gasteiger partial charge in [-0.15, -0.1) is 11.3 Å². The summed E-state index contributed by atoms with van der Waals surface area (Å²) in [5.74, 6) is 0. The highest BCUT2D eigenvalue weighted by Crippen LogP contribution is 2.28. The maximum absolute atomic E-state index is 8.65. The van der Waals surface area contributed by atoms with Crippen molar-refractivity contribution < 1.29 is 0 Å². The molecular formula is C15H16N2S. The monoisotopic (exact) mass is 256 g/mol. The minimum absolute atomic E-state index is 0.174. The Morgan fingerprint density at radius 2 is 1.89 bits per heavy atom. The zero-order valence-electron chi connectivity index (χ0n) is 10.9.